The number of aromatic amines is 1. The fraction of sp³-hybridized carbons (Fsp3) is 0.312. The van der Waals surface area contributed by atoms with Gasteiger partial charge in [0.25, 0.3) is 0 Å². The highest BCUT2D eigenvalue weighted by molar-refractivity contribution is 7.89. The molecule has 1 saturated heterocycles. The van der Waals surface area contributed by atoms with Crippen LogP contribution in [0.2, 0.25) is 0 Å². The van der Waals surface area contributed by atoms with Gasteiger partial charge in [0.05, 0.1) is 6.42 Å². The van der Waals surface area contributed by atoms with E-state index in [9.17, 15) is 22.0 Å². The summed E-state index contributed by atoms with van der Waals surface area (Å²) in [5, 5.41) is 0. The molecular formula is C16H17F2N3O3S. The van der Waals surface area contributed by atoms with Gasteiger partial charge in [0.15, 0.2) is 0 Å². The lowest BCUT2D eigenvalue weighted by molar-refractivity contribution is -0.131. The molecule has 134 valence electrons. The molecular weight excluding hydrogens is 352 g/mol. The van der Waals surface area contributed by atoms with Crippen LogP contribution in [0.1, 0.15) is 5.69 Å². The van der Waals surface area contributed by atoms with Crippen LogP contribution in [-0.4, -0.2) is 54.7 Å². The summed E-state index contributed by atoms with van der Waals surface area (Å²) in [7, 11) is -4.06. The second-order valence-electron chi connectivity index (χ2n) is 5.73. The van der Waals surface area contributed by atoms with Crippen molar-refractivity contribution >= 4 is 15.9 Å². The van der Waals surface area contributed by atoms with Crippen molar-refractivity contribution in [2.75, 3.05) is 26.2 Å². The summed E-state index contributed by atoms with van der Waals surface area (Å²) in [6.45, 7) is 0.578. The highest BCUT2D eigenvalue weighted by atomic mass is 32.2. The predicted molar refractivity (Wildman–Crippen MR) is 86.2 cm³/mol. The zero-order valence-corrected chi connectivity index (χ0v) is 14.1. The van der Waals surface area contributed by atoms with Crippen molar-refractivity contribution in [1.82, 2.24) is 14.2 Å². The van der Waals surface area contributed by atoms with Crippen molar-refractivity contribution in [1.29, 1.82) is 0 Å². The van der Waals surface area contributed by atoms with Gasteiger partial charge in [0.1, 0.15) is 16.5 Å². The Morgan fingerprint density at radius 1 is 1.12 bits per heavy atom. The molecule has 1 aromatic heterocycles. The summed E-state index contributed by atoms with van der Waals surface area (Å²) < 4.78 is 52.9. The normalized spacial score (nSPS) is 16.2. The van der Waals surface area contributed by atoms with Crippen LogP contribution in [0, 0.1) is 11.6 Å². The van der Waals surface area contributed by atoms with Gasteiger partial charge in [0.2, 0.25) is 15.9 Å². The van der Waals surface area contributed by atoms with E-state index in [1.807, 2.05) is 0 Å². The zero-order valence-electron chi connectivity index (χ0n) is 13.3. The molecule has 0 saturated carbocycles. The lowest BCUT2D eigenvalue weighted by Gasteiger charge is -2.34. The van der Waals surface area contributed by atoms with Gasteiger partial charge in [-0.25, -0.2) is 17.2 Å². The van der Waals surface area contributed by atoms with Crippen LogP contribution >= 0.6 is 0 Å². The van der Waals surface area contributed by atoms with Gasteiger partial charge < -0.3 is 9.88 Å². The molecule has 0 radical (unpaired) electrons. The number of amides is 1. The van der Waals surface area contributed by atoms with E-state index in [4.69, 9.17) is 0 Å². The molecule has 0 spiro atoms. The molecule has 2 aromatic rings. The molecule has 1 aliphatic rings. The van der Waals surface area contributed by atoms with Gasteiger partial charge in [-0.05, 0) is 24.3 Å². The Hall–Kier alpha value is -2.26. The van der Waals surface area contributed by atoms with Gasteiger partial charge in [-0.2, -0.15) is 4.31 Å². The predicted octanol–water partition coefficient (Wildman–Crippen LogP) is 1.37. The third-order valence-electron chi connectivity index (χ3n) is 4.11. The summed E-state index contributed by atoms with van der Waals surface area (Å²) in [6.07, 6.45) is 1.94. The Bertz CT molecular complexity index is 861. The number of piperazine rings is 1. The number of aromatic nitrogens is 1. The molecule has 0 unspecified atom stereocenters. The van der Waals surface area contributed by atoms with Crippen molar-refractivity contribution in [2.45, 2.75) is 11.3 Å². The van der Waals surface area contributed by atoms with Crippen molar-refractivity contribution < 1.29 is 22.0 Å². The molecule has 9 heteroatoms. The van der Waals surface area contributed by atoms with E-state index in [-0.39, 0.29) is 38.5 Å². The number of nitrogens with zero attached hydrogens (tertiary/aromatic N) is 2. The van der Waals surface area contributed by atoms with E-state index in [1.54, 1.807) is 23.2 Å². The lowest BCUT2D eigenvalue weighted by Crippen LogP contribution is -2.51. The first-order chi connectivity index (χ1) is 11.9. The van der Waals surface area contributed by atoms with E-state index < -0.39 is 26.6 Å². The first-order valence-corrected chi connectivity index (χ1v) is 9.17. The molecule has 1 aromatic carbocycles. The molecule has 1 amide bonds. The third kappa shape index (κ3) is 3.72. The molecule has 0 atom stereocenters. The van der Waals surface area contributed by atoms with Crippen molar-refractivity contribution in [3.63, 3.8) is 0 Å². The first-order valence-electron chi connectivity index (χ1n) is 7.73. The molecule has 0 aliphatic carbocycles. The van der Waals surface area contributed by atoms with Crippen molar-refractivity contribution in [2.24, 2.45) is 0 Å². The Balaban J connectivity index is 1.66. The molecule has 2 heterocycles. The van der Waals surface area contributed by atoms with Gasteiger partial charge in [-0.15, -0.1) is 0 Å². The minimum Gasteiger partial charge on any atom is -0.365 e. The van der Waals surface area contributed by atoms with Crippen LogP contribution in [0.25, 0.3) is 0 Å². The summed E-state index contributed by atoms with van der Waals surface area (Å²) in [4.78, 5) is 16.2. The molecule has 1 aliphatic heterocycles. The lowest BCUT2D eigenvalue weighted by atomic mass is 10.2. The number of nitrogens with one attached hydrogen (secondary N) is 1. The average molecular weight is 369 g/mol. The zero-order chi connectivity index (χ0) is 18.0. The molecule has 25 heavy (non-hydrogen) atoms. The quantitative estimate of drug-likeness (QED) is 0.885. The first kappa shape index (κ1) is 17.6. The van der Waals surface area contributed by atoms with E-state index in [1.165, 1.54) is 0 Å². The molecule has 1 fully saturated rings. The Morgan fingerprint density at radius 3 is 2.44 bits per heavy atom. The van der Waals surface area contributed by atoms with E-state index >= 15 is 0 Å². The Labute approximate surface area is 144 Å². The second kappa shape index (κ2) is 6.93. The van der Waals surface area contributed by atoms with E-state index in [2.05, 4.69) is 4.98 Å². The van der Waals surface area contributed by atoms with Gasteiger partial charge in [0, 0.05) is 44.1 Å². The highest BCUT2D eigenvalue weighted by Gasteiger charge is 2.32. The highest BCUT2D eigenvalue weighted by Crippen LogP contribution is 2.21. The number of halogens is 2. The van der Waals surface area contributed by atoms with Gasteiger partial charge >= 0.3 is 0 Å². The standard InChI is InChI=1S/C16H17F2N3O3S/c17-12-3-4-15(14(18)10-12)25(23,24)21-8-6-20(7-9-21)16(22)11-13-2-1-5-19-13/h1-5,10,19H,6-9,11H2. The summed E-state index contributed by atoms with van der Waals surface area (Å²) >= 11 is 0. The number of sulfonamides is 1. The maximum absolute atomic E-state index is 13.8. The fourth-order valence-corrected chi connectivity index (χ4v) is 4.22. The molecule has 0 bridgehead atoms. The monoisotopic (exact) mass is 369 g/mol. The van der Waals surface area contributed by atoms with E-state index in [0.717, 1.165) is 22.1 Å². The van der Waals surface area contributed by atoms with Crippen LogP contribution in [0.5, 0.6) is 0 Å². The Kier molecular flexibility index (Phi) is 4.87. The molecule has 6 nitrogen and oxygen atoms in total. The number of carbonyl (C=O) groups is 1. The van der Waals surface area contributed by atoms with Crippen molar-refractivity contribution in [3.8, 4) is 0 Å². The number of rotatable bonds is 4. The average Bonchev–Trinajstić information content (AvgIpc) is 3.07. The number of hydrogen-bond acceptors (Lipinski definition) is 3. The van der Waals surface area contributed by atoms with Gasteiger partial charge in [-0.3, -0.25) is 4.79 Å². The van der Waals surface area contributed by atoms with Crippen LogP contribution in [0.15, 0.2) is 41.4 Å². The number of carbonyl (C=O) groups excluding carboxylic acids is 1. The van der Waals surface area contributed by atoms with Crippen LogP contribution < -0.4 is 0 Å². The van der Waals surface area contributed by atoms with Crippen LogP contribution in [0.3, 0.4) is 0 Å². The summed E-state index contributed by atoms with van der Waals surface area (Å²) in [6, 6.07) is 5.97. The fourth-order valence-electron chi connectivity index (χ4n) is 2.75. The molecule has 3 rings (SSSR count). The smallest absolute Gasteiger partial charge is 0.246 e. The van der Waals surface area contributed by atoms with Crippen molar-refractivity contribution in [3.05, 3.63) is 53.9 Å². The number of H-pyrrole nitrogens is 1. The van der Waals surface area contributed by atoms with Crippen LogP contribution in [0.4, 0.5) is 8.78 Å². The topological polar surface area (TPSA) is 73.5 Å². The largest absolute Gasteiger partial charge is 0.365 e. The minimum atomic E-state index is -4.06. The molecule has 1 N–H and O–H groups in total. The SMILES string of the molecule is O=C(Cc1ccc[nH]1)N1CCN(S(=O)(=O)c2ccc(F)cc2F)CC1. The second-order valence-corrected chi connectivity index (χ2v) is 7.64. The summed E-state index contributed by atoms with van der Waals surface area (Å²) in [5.74, 6) is -2.06. The van der Waals surface area contributed by atoms with Crippen LogP contribution in [-0.2, 0) is 21.2 Å². The van der Waals surface area contributed by atoms with E-state index in [0.29, 0.717) is 6.07 Å². The third-order valence-corrected chi connectivity index (χ3v) is 6.04. The summed E-state index contributed by atoms with van der Waals surface area (Å²) in [5.41, 5.74) is 0.786. The number of benzene rings is 1. The van der Waals surface area contributed by atoms with Gasteiger partial charge in [-0.1, -0.05) is 0 Å². The number of hydrogen-bond donors (Lipinski definition) is 1. The Morgan fingerprint density at radius 2 is 1.84 bits per heavy atom. The minimum absolute atomic E-state index is 0.0651. The maximum atomic E-state index is 13.8. The maximum Gasteiger partial charge on any atom is 0.246 e.